The van der Waals surface area contributed by atoms with Crippen LogP contribution in [0.15, 0.2) is 18.3 Å². The normalized spacial score (nSPS) is 12.1. The van der Waals surface area contributed by atoms with Crippen LogP contribution in [0.3, 0.4) is 0 Å². The van der Waals surface area contributed by atoms with E-state index in [1.54, 1.807) is 20.3 Å². The van der Waals surface area contributed by atoms with E-state index in [9.17, 15) is 4.79 Å². The number of ether oxygens (including phenoxy) is 1. The van der Waals surface area contributed by atoms with Crippen LogP contribution in [0.2, 0.25) is 0 Å². The van der Waals surface area contributed by atoms with E-state index in [0.717, 1.165) is 27.7 Å². The van der Waals surface area contributed by atoms with Crippen LogP contribution in [-0.2, 0) is 6.54 Å². The molecule has 1 amide bonds. The van der Waals surface area contributed by atoms with Gasteiger partial charge in [-0.3, -0.25) is 4.98 Å². The van der Waals surface area contributed by atoms with Gasteiger partial charge in [-0.05, 0) is 37.8 Å². The fourth-order valence-electron chi connectivity index (χ4n) is 3.49. The van der Waals surface area contributed by atoms with Gasteiger partial charge in [0.1, 0.15) is 12.2 Å². The van der Waals surface area contributed by atoms with E-state index in [1.165, 1.54) is 62.8 Å². The second-order valence-corrected chi connectivity index (χ2v) is 10.4. The maximum Gasteiger partial charge on any atom is 0.414 e. The number of nitrogens with zero attached hydrogens (tertiary/aromatic N) is 4. The van der Waals surface area contributed by atoms with Gasteiger partial charge in [0.2, 0.25) is 0 Å². The number of unbranched alkanes of at least 4 members (excludes halogenated alkanes) is 7. The zero-order valence-electron chi connectivity index (χ0n) is 20.6. The lowest BCUT2D eigenvalue weighted by atomic mass is 10.1. The van der Waals surface area contributed by atoms with Crippen molar-refractivity contribution in [1.29, 1.82) is 0 Å². The molecule has 172 valence electrons. The lowest BCUT2D eigenvalue weighted by Crippen LogP contribution is -2.40. The van der Waals surface area contributed by atoms with Crippen molar-refractivity contribution >= 4 is 6.09 Å². The molecule has 1 rings (SSSR count). The Balaban J connectivity index is 2.26. The average Bonchev–Trinajstić information content (AvgIpc) is 2.63. The van der Waals surface area contributed by atoms with Crippen molar-refractivity contribution in [3.05, 3.63) is 24.0 Å². The number of carbonyl (C=O) groups excluding carboxylic acids is 1. The summed E-state index contributed by atoms with van der Waals surface area (Å²) in [6.07, 6.45) is 12.0. The fraction of sp³-hybridized carbons (Fsp3) is 0.750. The lowest BCUT2D eigenvalue weighted by molar-refractivity contribution is -0.904. The smallest absolute Gasteiger partial charge is 0.408 e. The maximum absolute atomic E-state index is 11.9. The van der Waals surface area contributed by atoms with Crippen LogP contribution < -0.4 is 4.74 Å². The van der Waals surface area contributed by atoms with Crippen LogP contribution in [-0.4, -0.2) is 87.4 Å². The Morgan fingerprint density at radius 1 is 0.900 bits per heavy atom. The molecule has 0 aliphatic rings. The molecule has 1 aromatic heterocycles. The third-order valence-electron chi connectivity index (χ3n) is 5.33. The van der Waals surface area contributed by atoms with Crippen LogP contribution in [0.5, 0.6) is 5.75 Å². The Bertz CT molecular complexity index is 624. The van der Waals surface area contributed by atoms with Crippen LogP contribution >= 0.6 is 0 Å². The quantitative estimate of drug-likeness (QED) is 0.326. The zero-order chi connectivity index (χ0) is 22.6. The molecule has 0 fully saturated rings. The van der Waals surface area contributed by atoms with Gasteiger partial charge in [-0.25, -0.2) is 4.79 Å². The summed E-state index contributed by atoms with van der Waals surface area (Å²) < 4.78 is 7.40. The van der Waals surface area contributed by atoms with Crippen molar-refractivity contribution in [2.45, 2.75) is 57.9 Å². The average molecular weight is 423 g/mol. The molecule has 6 nitrogen and oxygen atoms in total. The van der Waals surface area contributed by atoms with Gasteiger partial charge in [-0.15, -0.1) is 0 Å². The molecule has 30 heavy (non-hydrogen) atoms. The number of hydrogen-bond donors (Lipinski definition) is 0. The molecular formula is C24H46N4O2+2. The molecule has 0 atom stereocenters. The summed E-state index contributed by atoms with van der Waals surface area (Å²) in [6, 6.07) is 3.63. The Labute approximate surface area is 185 Å². The number of pyridine rings is 1. The number of carbonyl (C=O) groups is 1. The molecule has 0 unspecified atom stereocenters. The summed E-state index contributed by atoms with van der Waals surface area (Å²) in [5.41, 5.74) is 0.839. The molecule has 0 saturated heterocycles. The van der Waals surface area contributed by atoms with Gasteiger partial charge < -0.3 is 18.6 Å². The van der Waals surface area contributed by atoms with E-state index in [-0.39, 0.29) is 6.09 Å². The zero-order valence-corrected chi connectivity index (χ0v) is 20.6. The highest BCUT2D eigenvalue weighted by molar-refractivity contribution is 5.70. The third kappa shape index (κ3) is 12.1. The summed E-state index contributed by atoms with van der Waals surface area (Å²) in [5, 5.41) is 0. The molecule has 1 heterocycles. The molecule has 0 spiro atoms. The predicted molar refractivity (Wildman–Crippen MR) is 124 cm³/mol. The lowest BCUT2D eigenvalue weighted by Gasteiger charge is -2.30. The highest BCUT2D eigenvalue weighted by atomic mass is 16.6. The first-order valence-electron chi connectivity index (χ1n) is 11.5. The number of quaternary nitrogens is 2. The molecule has 0 aromatic carbocycles. The van der Waals surface area contributed by atoms with E-state index in [0.29, 0.717) is 5.75 Å². The summed E-state index contributed by atoms with van der Waals surface area (Å²) in [6.45, 7) is 3.13. The van der Waals surface area contributed by atoms with E-state index >= 15 is 0 Å². The molecule has 6 heteroatoms. The third-order valence-corrected chi connectivity index (χ3v) is 5.33. The van der Waals surface area contributed by atoms with Gasteiger partial charge in [-0.1, -0.05) is 25.7 Å². The second-order valence-electron chi connectivity index (χ2n) is 10.4. The molecule has 0 bridgehead atoms. The monoisotopic (exact) mass is 422 g/mol. The standard InChI is InChI=1S/C24H46N4O2/c1-26(2)24(29)30-23-17-16-18-25-22(23)21-28(6,7)20-15-13-11-9-8-10-12-14-19-27(3,4)5/h16-18H,8-15,19-21H2,1-7H3/q+2. The number of hydrogen-bond acceptors (Lipinski definition) is 3. The van der Waals surface area contributed by atoms with Gasteiger partial charge >= 0.3 is 6.09 Å². The molecule has 0 saturated carbocycles. The molecular weight excluding hydrogens is 376 g/mol. The fourth-order valence-corrected chi connectivity index (χ4v) is 3.49. The SMILES string of the molecule is CN(C)C(=O)Oc1cccnc1C[N+](C)(C)CCCCCCCCCC[N+](C)(C)C. The highest BCUT2D eigenvalue weighted by Gasteiger charge is 2.21. The van der Waals surface area contributed by atoms with Gasteiger partial charge in [0, 0.05) is 20.3 Å². The first kappa shape index (κ1) is 26.4. The largest absolute Gasteiger partial charge is 0.414 e. The first-order valence-corrected chi connectivity index (χ1v) is 11.5. The Kier molecular flexibility index (Phi) is 11.3. The minimum absolute atomic E-state index is 0.368. The predicted octanol–water partition coefficient (Wildman–Crippen LogP) is 4.55. The Morgan fingerprint density at radius 3 is 1.97 bits per heavy atom. The van der Waals surface area contributed by atoms with Crippen molar-refractivity contribution in [3.63, 3.8) is 0 Å². The van der Waals surface area contributed by atoms with E-state index in [4.69, 9.17) is 4.74 Å². The van der Waals surface area contributed by atoms with Crippen LogP contribution in [0, 0.1) is 0 Å². The topological polar surface area (TPSA) is 42.4 Å². The Morgan fingerprint density at radius 2 is 1.43 bits per heavy atom. The van der Waals surface area contributed by atoms with Crippen molar-refractivity contribution < 1.29 is 18.5 Å². The van der Waals surface area contributed by atoms with E-state index in [2.05, 4.69) is 40.2 Å². The maximum atomic E-state index is 11.9. The van der Waals surface area contributed by atoms with Crippen molar-refractivity contribution in [2.24, 2.45) is 0 Å². The first-order chi connectivity index (χ1) is 14.0. The molecule has 0 aliphatic carbocycles. The summed E-state index contributed by atoms with van der Waals surface area (Å²) >= 11 is 0. The summed E-state index contributed by atoms with van der Waals surface area (Å²) in [5.74, 6) is 0.563. The van der Waals surface area contributed by atoms with E-state index in [1.807, 2.05) is 12.1 Å². The van der Waals surface area contributed by atoms with E-state index < -0.39 is 0 Å². The second kappa shape index (κ2) is 12.9. The molecule has 0 aliphatic heterocycles. The number of aromatic nitrogens is 1. The summed E-state index contributed by atoms with van der Waals surface area (Å²) in [7, 11) is 14.6. The van der Waals surface area contributed by atoms with Crippen molar-refractivity contribution in [1.82, 2.24) is 9.88 Å². The summed E-state index contributed by atoms with van der Waals surface area (Å²) in [4.78, 5) is 17.8. The number of amides is 1. The minimum atomic E-state index is -0.368. The van der Waals surface area contributed by atoms with Crippen molar-refractivity contribution in [2.75, 3.05) is 62.4 Å². The van der Waals surface area contributed by atoms with Gasteiger partial charge in [0.15, 0.2) is 5.75 Å². The highest BCUT2D eigenvalue weighted by Crippen LogP contribution is 2.21. The van der Waals surface area contributed by atoms with Gasteiger partial charge in [-0.2, -0.15) is 0 Å². The molecule has 1 aromatic rings. The van der Waals surface area contributed by atoms with Crippen LogP contribution in [0.1, 0.15) is 57.1 Å². The number of rotatable bonds is 14. The van der Waals surface area contributed by atoms with Crippen LogP contribution in [0.25, 0.3) is 0 Å². The Hall–Kier alpha value is -1.66. The van der Waals surface area contributed by atoms with Crippen molar-refractivity contribution in [3.8, 4) is 5.75 Å². The van der Waals surface area contributed by atoms with Crippen LogP contribution in [0.4, 0.5) is 4.79 Å². The molecule has 0 radical (unpaired) electrons. The van der Waals surface area contributed by atoms with Gasteiger partial charge in [0.05, 0.1) is 48.3 Å². The molecule has 0 N–H and O–H groups in total. The minimum Gasteiger partial charge on any atom is -0.408 e. The van der Waals surface area contributed by atoms with Gasteiger partial charge in [0.25, 0.3) is 0 Å².